The summed E-state index contributed by atoms with van der Waals surface area (Å²) >= 11 is 0. The Bertz CT molecular complexity index is 838. The smallest absolute Gasteiger partial charge is 0.262 e. The minimum absolute atomic E-state index is 0.251. The van der Waals surface area contributed by atoms with E-state index in [2.05, 4.69) is 5.32 Å². The van der Waals surface area contributed by atoms with E-state index in [1.165, 1.54) is 22.5 Å². The van der Waals surface area contributed by atoms with Crippen LogP contribution >= 0.6 is 0 Å². The highest BCUT2D eigenvalue weighted by Gasteiger charge is 2.15. The zero-order valence-corrected chi connectivity index (χ0v) is 14.7. The first kappa shape index (κ1) is 18.7. The van der Waals surface area contributed by atoms with Crippen LogP contribution in [0.15, 0.2) is 48.5 Å². The van der Waals surface area contributed by atoms with E-state index >= 15 is 0 Å². The number of anilines is 2. The summed E-state index contributed by atoms with van der Waals surface area (Å²) in [7, 11) is -3.35. The molecule has 6 nitrogen and oxygen atoms in total. The highest BCUT2D eigenvalue weighted by molar-refractivity contribution is 7.92. The van der Waals surface area contributed by atoms with Gasteiger partial charge >= 0.3 is 0 Å². The molecule has 0 aromatic heterocycles. The molecule has 0 fully saturated rings. The number of nitrogens with zero attached hydrogens (tertiary/aromatic N) is 1. The molecule has 2 aromatic carbocycles. The molecule has 8 heteroatoms. The molecular weight excluding hydrogens is 347 g/mol. The van der Waals surface area contributed by atoms with E-state index in [1.54, 1.807) is 37.3 Å². The van der Waals surface area contributed by atoms with Gasteiger partial charge < -0.3 is 10.1 Å². The third-order valence-electron chi connectivity index (χ3n) is 3.29. The third kappa shape index (κ3) is 5.46. The predicted octanol–water partition coefficient (Wildman–Crippen LogP) is 2.63. The molecule has 0 spiro atoms. The molecule has 0 aliphatic heterocycles. The van der Waals surface area contributed by atoms with Gasteiger partial charge in [-0.3, -0.25) is 9.10 Å². The van der Waals surface area contributed by atoms with Crippen LogP contribution < -0.4 is 14.4 Å². The second kappa shape index (κ2) is 7.98. The number of hydrogen-bond donors (Lipinski definition) is 1. The van der Waals surface area contributed by atoms with E-state index in [-0.39, 0.29) is 6.61 Å². The molecule has 0 bridgehead atoms. The summed E-state index contributed by atoms with van der Waals surface area (Å²) in [5.74, 6) is -0.454. The summed E-state index contributed by atoms with van der Waals surface area (Å²) < 4.78 is 43.0. The third-order valence-corrected chi connectivity index (χ3v) is 4.56. The first-order chi connectivity index (χ1) is 11.8. The normalized spacial score (nSPS) is 11.0. The number of carbonyl (C=O) groups excluding carboxylic acids is 1. The zero-order chi connectivity index (χ0) is 18.4. The number of halogens is 1. The summed E-state index contributed by atoms with van der Waals surface area (Å²) in [6.45, 7) is 1.80. The maximum absolute atomic E-state index is 13.1. The van der Waals surface area contributed by atoms with Gasteiger partial charge in [-0.15, -0.1) is 0 Å². The van der Waals surface area contributed by atoms with Gasteiger partial charge in [0.25, 0.3) is 5.91 Å². The summed E-state index contributed by atoms with van der Waals surface area (Å²) in [6.07, 6.45) is 1.14. The van der Waals surface area contributed by atoms with Crippen molar-refractivity contribution >= 4 is 27.3 Å². The Morgan fingerprint density at radius 3 is 2.44 bits per heavy atom. The Labute approximate surface area is 146 Å². The number of rotatable bonds is 7. The molecule has 0 saturated heterocycles. The second-order valence-electron chi connectivity index (χ2n) is 5.27. The predicted molar refractivity (Wildman–Crippen MR) is 94.8 cm³/mol. The molecule has 0 unspecified atom stereocenters. The van der Waals surface area contributed by atoms with Gasteiger partial charge in [0, 0.05) is 12.2 Å². The molecular formula is C17H19FN2O4S. The van der Waals surface area contributed by atoms with Crippen LogP contribution in [0.1, 0.15) is 6.92 Å². The summed E-state index contributed by atoms with van der Waals surface area (Å²) in [6, 6.07) is 11.9. The quantitative estimate of drug-likeness (QED) is 0.817. The van der Waals surface area contributed by atoms with Crippen LogP contribution in [0.25, 0.3) is 0 Å². The largest absolute Gasteiger partial charge is 0.484 e. The van der Waals surface area contributed by atoms with E-state index in [1.807, 2.05) is 0 Å². The van der Waals surface area contributed by atoms with Crippen LogP contribution in [0.3, 0.4) is 0 Å². The molecule has 0 aliphatic carbocycles. The van der Waals surface area contributed by atoms with Gasteiger partial charge in [0.05, 0.1) is 11.9 Å². The number of sulfonamides is 1. The lowest BCUT2D eigenvalue weighted by Crippen LogP contribution is -2.29. The molecule has 0 heterocycles. The van der Waals surface area contributed by atoms with Crippen LogP contribution in [0.5, 0.6) is 5.75 Å². The molecule has 1 N–H and O–H groups in total. The minimum Gasteiger partial charge on any atom is -0.484 e. The topological polar surface area (TPSA) is 75.7 Å². The van der Waals surface area contributed by atoms with Gasteiger partial charge in [0.1, 0.15) is 11.6 Å². The Kier molecular flexibility index (Phi) is 5.97. The summed E-state index contributed by atoms with van der Waals surface area (Å²) in [5, 5.41) is 2.52. The van der Waals surface area contributed by atoms with E-state index in [4.69, 9.17) is 4.74 Å². The first-order valence-corrected chi connectivity index (χ1v) is 9.40. The molecule has 0 atom stereocenters. The van der Waals surface area contributed by atoms with Crippen molar-refractivity contribution in [2.45, 2.75) is 6.92 Å². The molecule has 2 aromatic rings. The first-order valence-electron chi connectivity index (χ1n) is 7.55. The maximum atomic E-state index is 13.1. The van der Waals surface area contributed by atoms with Gasteiger partial charge in [-0.05, 0) is 49.4 Å². The Morgan fingerprint density at radius 1 is 1.20 bits per heavy atom. The van der Waals surface area contributed by atoms with Crippen molar-refractivity contribution in [3.63, 3.8) is 0 Å². The zero-order valence-electron chi connectivity index (χ0n) is 13.9. The van der Waals surface area contributed by atoms with Crippen molar-refractivity contribution in [3.8, 4) is 5.75 Å². The Morgan fingerprint density at radius 2 is 1.88 bits per heavy atom. The Hall–Kier alpha value is -2.61. The standard InChI is InChI=1S/C17H19FN2O4S/c1-3-20(25(2,22)23)15-7-9-16(10-8-15)24-12-17(21)19-14-6-4-5-13(18)11-14/h4-11H,3,12H2,1-2H3,(H,19,21). The average molecular weight is 366 g/mol. The Balaban J connectivity index is 1.94. The lowest BCUT2D eigenvalue weighted by Gasteiger charge is -2.20. The minimum atomic E-state index is -3.35. The van der Waals surface area contributed by atoms with Crippen molar-refractivity contribution in [3.05, 3.63) is 54.3 Å². The van der Waals surface area contributed by atoms with Crippen molar-refractivity contribution in [1.82, 2.24) is 0 Å². The fourth-order valence-electron chi connectivity index (χ4n) is 2.23. The van der Waals surface area contributed by atoms with Crippen molar-refractivity contribution in [2.75, 3.05) is 29.0 Å². The monoisotopic (exact) mass is 366 g/mol. The number of carbonyl (C=O) groups is 1. The highest BCUT2D eigenvalue weighted by Crippen LogP contribution is 2.21. The van der Waals surface area contributed by atoms with Gasteiger partial charge in [-0.25, -0.2) is 12.8 Å². The molecule has 0 saturated carbocycles. The van der Waals surface area contributed by atoms with Crippen LogP contribution in [-0.2, 0) is 14.8 Å². The van der Waals surface area contributed by atoms with Crippen molar-refractivity contribution in [1.29, 1.82) is 0 Å². The SMILES string of the molecule is CCN(c1ccc(OCC(=O)Nc2cccc(F)c2)cc1)S(C)(=O)=O. The maximum Gasteiger partial charge on any atom is 0.262 e. The van der Waals surface area contributed by atoms with Gasteiger partial charge in [-0.2, -0.15) is 0 Å². The van der Waals surface area contributed by atoms with Gasteiger partial charge in [-0.1, -0.05) is 6.07 Å². The van der Waals surface area contributed by atoms with Crippen molar-refractivity contribution in [2.24, 2.45) is 0 Å². The van der Waals surface area contributed by atoms with Crippen LogP contribution in [-0.4, -0.2) is 33.7 Å². The number of benzene rings is 2. The molecule has 0 radical (unpaired) electrons. The molecule has 1 amide bonds. The second-order valence-corrected chi connectivity index (χ2v) is 7.18. The molecule has 25 heavy (non-hydrogen) atoms. The summed E-state index contributed by atoms with van der Waals surface area (Å²) in [5.41, 5.74) is 0.859. The average Bonchev–Trinajstić information content (AvgIpc) is 2.53. The van der Waals surface area contributed by atoms with Gasteiger partial charge in [0.15, 0.2) is 6.61 Å². The number of nitrogens with one attached hydrogen (secondary N) is 1. The molecule has 134 valence electrons. The number of ether oxygens (including phenoxy) is 1. The molecule has 2 rings (SSSR count). The van der Waals surface area contributed by atoms with Crippen LogP contribution in [0.2, 0.25) is 0 Å². The van der Waals surface area contributed by atoms with E-state index < -0.39 is 21.7 Å². The van der Waals surface area contributed by atoms with E-state index in [0.29, 0.717) is 23.7 Å². The number of hydrogen-bond acceptors (Lipinski definition) is 4. The van der Waals surface area contributed by atoms with E-state index in [9.17, 15) is 17.6 Å². The van der Waals surface area contributed by atoms with Crippen molar-refractivity contribution < 1.29 is 22.3 Å². The lowest BCUT2D eigenvalue weighted by molar-refractivity contribution is -0.118. The summed E-state index contributed by atoms with van der Waals surface area (Å²) in [4.78, 5) is 11.8. The fourth-order valence-corrected chi connectivity index (χ4v) is 3.20. The highest BCUT2D eigenvalue weighted by atomic mass is 32.2. The van der Waals surface area contributed by atoms with Crippen LogP contribution in [0.4, 0.5) is 15.8 Å². The molecule has 0 aliphatic rings. The lowest BCUT2D eigenvalue weighted by atomic mass is 10.3. The fraction of sp³-hybridized carbons (Fsp3) is 0.235. The van der Waals surface area contributed by atoms with Gasteiger partial charge in [0.2, 0.25) is 10.0 Å². The van der Waals surface area contributed by atoms with E-state index in [0.717, 1.165) is 6.26 Å². The number of amides is 1. The van der Waals surface area contributed by atoms with Crippen LogP contribution in [0, 0.1) is 5.82 Å².